The highest BCUT2D eigenvalue weighted by Gasteiger charge is 2.37. The van der Waals surface area contributed by atoms with Crippen molar-refractivity contribution in [2.75, 3.05) is 18.4 Å². The number of rotatable bonds is 2. The van der Waals surface area contributed by atoms with Crippen LogP contribution in [0.5, 0.6) is 0 Å². The Morgan fingerprint density at radius 3 is 2.65 bits per heavy atom. The lowest BCUT2D eigenvalue weighted by atomic mass is 9.94. The van der Waals surface area contributed by atoms with Crippen LogP contribution in [0.1, 0.15) is 31.4 Å². The molecule has 26 heavy (non-hydrogen) atoms. The molecule has 2 aliphatic heterocycles. The molecular formula is C18H17Cl3N4O. The van der Waals surface area contributed by atoms with Crippen LogP contribution in [0.15, 0.2) is 35.7 Å². The number of carbonyl (C=O) groups excluding carboxylic acids is 1. The zero-order valence-electron chi connectivity index (χ0n) is 14.1. The van der Waals surface area contributed by atoms with E-state index < -0.39 is 6.04 Å². The summed E-state index contributed by atoms with van der Waals surface area (Å²) in [6.45, 7) is 3.40. The van der Waals surface area contributed by atoms with Gasteiger partial charge in [-0.25, -0.2) is 4.68 Å². The number of carbonyl (C=O) groups is 1. The second kappa shape index (κ2) is 6.80. The Kier molecular flexibility index (Phi) is 4.63. The van der Waals surface area contributed by atoms with E-state index in [1.807, 2.05) is 24.0 Å². The first kappa shape index (κ1) is 17.7. The molecule has 1 atom stereocenters. The van der Waals surface area contributed by atoms with Gasteiger partial charge in [-0.1, -0.05) is 46.9 Å². The Morgan fingerprint density at radius 1 is 1.19 bits per heavy atom. The fraction of sp³-hybridized carbons (Fsp3) is 0.333. The number of nitrogens with one attached hydrogen (secondary N) is 1. The number of halogens is 3. The van der Waals surface area contributed by atoms with Crippen molar-refractivity contribution in [1.29, 1.82) is 0 Å². The van der Waals surface area contributed by atoms with Gasteiger partial charge in [-0.05, 0) is 25.8 Å². The third-order valence-corrected chi connectivity index (χ3v) is 5.99. The highest BCUT2D eigenvalue weighted by Crippen LogP contribution is 2.43. The van der Waals surface area contributed by atoms with Gasteiger partial charge in [0.15, 0.2) is 0 Å². The van der Waals surface area contributed by atoms with E-state index in [-0.39, 0.29) is 5.91 Å². The number of hydrogen-bond acceptors (Lipinski definition) is 3. The number of amides is 1. The molecule has 1 N–H and O–H groups in total. The fourth-order valence-corrected chi connectivity index (χ4v) is 4.20. The Hall–Kier alpha value is -1.69. The van der Waals surface area contributed by atoms with Crippen LogP contribution in [0.2, 0.25) is 15.1 Å². The average Bonchev–Trinajstić information content (AvgIpc) is 3.27. The number of fused-ring (bicyclic) bond motifs is 1. The van der Waals surface area contributed by atoms with E-state index in [0.717, 1.165) is 37.2 Å². The molecule has 1 unspecified atom stereocenters. The lowest BCUT2D eigenvalue weighted by molar-refractivity contribution is -0.126. The normalized spacial score (nSPS) is 19.5. The van der Waals surface area contributed by atoms with Crippen molar-refractivity contribution in [2.24, 2.45) is 0 Å². The number of aromatic nitrogens is 2. The molecule has 1 amide bonds. The summed E-state index contributed by atoms with van der Waals surface area (Å²) < 4.78 is 1.70. The first-order valence-electron chi connectivity index (χ1n) is 8.43. The van der Waals surface area contributed by atoms with Crippen LogP contribution in [0.3, 0.4) is 0 Å². The second-order valence-corrected chi connectivity index (χ2v) is 7.69. The molecule has 0 spiro atoms. The third kappa shape index (κ3) is 2.79. The zero-order chi connectivity index (χ0) is 18.4. The van der Waals surface area contributed by atoms with Crippen molar-refractivity contribution < 1.29 is 4.79 Å². The van der Waals surface area contributed by atoms with E-state index in [1.54, 1.807) is 16.9 Å². The van der Waals surface area contributed by atoms with Crippen LogP contribution in [-0.2, 0) is 4.79 Å². The molecule has 2 aromatic rings. The molecular weight excluding hydrogens is 395 g/mol. The van der Waals surface area contributed by atoms with Crippen LogP contribution >= 0.6 is 34.8 Å². The molecule has 5 nitrogen and oxygen atoms in total. The number of anilines is 1. The van der Waals surface area contributed by atoms with E-state index in [1.165, 1.54) is 0 Å². The highest BCUT2D eigenvalue weighted by atomic mass is 35.5. The maximum absolute atomic E-state index is 13.3. The maximum Gasteiger partial charge on any atom is 0.254 e. The largest absolute Gasteiger partial charge is 0.342 e. The number of hydrogen-bond donors (Lipinski definition) is 1. The van der Waals surface area contributed by atoms with Gasteiger partial charge in [0, 0.05) is 24.4 Å². The van der Waals surface area contributed by atoms with Gasteiger partial charge in [-0.15, -0.1) is 0 Å². The van der Waals surface area contributed by atoms with Crippen LogP contribution in [0, 0.1) is 0 Å². The fourth-order valence-electron chi connectivity index (χ4n) is 3.61. The summed E-state index contributed by atoms with van der Waals surface area (Å²) in [5, 5.41) is 8.95. The molecule has 136 valence electrons. The monoisotopic (exact) mass is 410 g/mol. The molecule has 0 bridgehead atoms. The Bertz CT molecular complexity index is 915. The number of nitrogens with zero attached hydrogens (tertiary/aromatic N) is 3. The van der Waals surface area contributed by atoms with Gasteiger partial charge in [-0.2, -0.15) is 5.10 Å². The van der Waals surface area contributed by atoms with Crippen molar-refractivity contribution in [3.63, 3.8) is 0 Å². The second-order valence-electron chi connectivity index (χ2n) is 6.49. The van der Waals surface area contributed by atoms with Crippen molar-refractivity contribution in [2.45, 2.75) is 25.8 Å². The molecule has 1 aromatic heterocycles. The van der Waals surface area contributed by atoms with E-state index in [0.29, 0.717) is 26.5 Å². The molecule has 2 aliphatic rings. The summed E-state index contributed by atoms with van der Waals surface area (Å²) in [7, 11) is 0. The minimum atomic E-state index is -0.488. The van der Waals surface area contributed by atoms with Crippen molar-refractivity contribution in [1.82, 2.24) is 14.7 Å². The number of benzene rings is 1. The number of allylic oxidation sites excluding steroid dienone is 1. The topological polar surface area (TPSA) is 50.2 Å². The van der Waals surface area contributed by atoms with Gasteiger partial charge in [0.05, 0.1) is 21.8 Å². The molecule has 8 heteroatoms. The molecule has 0 saturated carbocycles. The summed E-state index contributed by atoms with van der Waals surface area (Å²) in [6.07, 6.45) is 3.60. The van der Waals surface area contributed by atoms with Gasteiger partial charge in [0.2, 0.25) is 0 Å². The van der Waals surface area contributed by atoms with Gasteiger partial charge < -0.3 is 10.2 Å². The summed E-state index contributed by atoms with van der Waals surface area (Å²) in [5.74, 6) is 0.633. The van der Waals surface area contributed by atoms with E-state index >= 15 is 0 Å². The zero-order valence-corrected chi connectivity index (χ0v) is 16.4. The summed E-state index contributed by atoms with van der Waals surface area (Å²) in [4.78, 5) is 15.2. The predicted molar refractivity (Wildman–Crippen MR) is 104 cm³/mol. The minimum Gasteiger partial charge on any atom is -0.342 e. The molecule has 4 rings (SSSR count). The smallest absolute Gasteiger partial charge is 0.254 e. The average molecular weight is 412 g/mol. The molecule has 1 saturated heterocycles. The van der Waals surface area contributed by atoms with Crippen molar-refractivity contribution >= 4 is 46.5 Å². The lowest BCUT2D eigenvalue weighted by Gasteiger charge is -2.32. The highest BCUT2D eigenvalue weighted by molar-refractivity contribution is 6.42. The lowest BCUT2D eigenvalue weighted by Crippen LogP contribution is -2.36. The maximum atomic E-state index is 13.3. The summed E-state index contributed by atoms with van der Waals surface area (Å²) in [6, 6.07) is 4.93. The quantitative estimate of drug-likeness (QED) is 0.775. The van der Waals surface area contributed by atoms with Crippen LogP contribution < -0.4 is 5.32 Å². The van der Waals surface area contributed by atoms with E-state index in [9.17, 15) is 4.79 Å². The van der Waals surface area contributed by atoms with E-state index in [2.05, 4.69) is 10.4 Å². The van der Waals surface area contributed by atoms with Gasteiger partial charge >= 0.3 is 0 Å². The van der Waals surface area contributed by atoms with Crippen LogP contribution in [-0.4, -0.2) is 33.7 Å². The molecule has 3 heterocycles. The first-order valence-corrected chi connectivity index (χ1v) is 9.56. The molecule has 1 fully saturated rings. The van der Waals surface area contributed by atoms with Crippen LogP contribution in [0.25, 0.3) is 0 Å². The van der Waals surface area contributed by atoms with E-state index in [4.69, 9.17) is 34.8 Å². The molecule has 0 radical (unpaired) electrons. The van der Waals surface area contributed by atoms with Crippen LogP contribution in [0.4, 0.5) is 5.82 Å². The summed E-state index contributed by atoms with van der Waals surface area (Å²) in [5.41, 5.74) is 2.09. The van der Waals surface area contributed by atoms with Gasteiger partial charge in [0.25, 0.3) is 5.91 Å². The van der Waals surface area contributed by atoms with Gasteiger partial charge in [0.1, 0.15) is 16.9 Å². The number of likely N-dealkylation sites (tertiary alicyclic amines) is 1. The Balaban J connectivity index is 1.90. The summed E-state index contributed by atoms with van der Waals surface area (Å²) >= 11 is 19.0. The van der Waals surface area contributed by atoms with Gasteiger partial charge in [-0.3, -0.25) is 4.79 Å². The standard InChI is InChI=1S/C18H17Cl3N4O/c1-10-14(18(26)24-7-2-3-8-24)16(11-5-4-6-12(19)15(11)21)25-17(23-10)13(20)9-22-25/h4-6,9,16,23H,2-3,7-8H2,1H3. The SMILES string of the molecule is CC1=C(C(=O)N2CCCC2)C(c2cccc(Cl)c2Cl)n2ncc(Cl)c2N1. The predicted octanol–water partition coefficient (Wildman–Crippen LogP) is 4.75. The van der Waals surface area contributed by atoms with Crippen molar-refractivity contribution in [3.8, 4) is 0 Å². The molecule has 0 aliphatic carbocycles. The molecule has 1 aromatic carbocycles. The first-order chi connectivity index (χ1) is 12.5. The third-order valence-electron chi connectivity index (χ3n) is 4.88. The minimum absolute atomic E-state index is 0.00850. The Labute approximate surface area is 166 Å². The van der Waals surface area contributed by atoms with Crippen molar-refractivity contribution in [3.05, 3.63) is 56.3 Å². The Morgan fingerprint density at radius 2 is 1.92 bits per heavy atom.